The van der Waals surface area contributed by atoms with Crippen molar-refractivity contribution in [3.05, 3.63) is 77.1 Å². The quantitative estimate of drug-likeness (QED) is 0.508. The lowest BCUT2D eigenvalue weighted by Crippen LogP contribution is -2.16. The van der Waals surface area contributed by atoms with E-state index in [1.165, 1.54) is 12.1 Å². The van der Waals surface area contributed by atoms with Crippen LogP contribution in [0.4, 0.5) is 4.39 Å². The highest BCUT2D eigenvalue weighted by Gasteiger charge is 2.08. The normalized spacial score (nSPS) is 10.8. The van der Waals surface area contributed by atoms with Crippen molar-refractivity contribution in [2.75, 3.05) is 13.7 Å². The van der Waals surface area contributed by atoms with Crippen LogP contribution in [0.3, 0.4) is 0 Å². The Kier molecular flexibility index (Phi) is 7.28. The van der Waals surface area contributed by atoms with Gasteiger partial charge in [0.15, 0.2) is 11.5 Å². The Bertz CT molecular complexity index is 887. The molecule has 1 N–H and O–H groups in total. The fourth-order valence-electron chi connectivity index (χ4n) is 2.77. The van der Waals surface area contributed by atoms with Crippen LogP contribution >= 0.6 is 11.6 Å². The monoisotopic (exact) mass is 403 g/mol. The molecule has 0 aliphatic carbocycles. The van der Waals surface area contributed by atoms with Crippen LogP contribution in [0.1, 0.15) is 17.5 Å². The summed E-state index contributed by atoms with van der Waals surface area (Å²) in [5, 5.41) is 3.77. The number of benzene rings is 2. The van der Waals surface area contributed by atoms with Gasteiger partial charge in [-0.15, -0.1) is 0 Å². The van der Waals surface area contributed by atoms with Gasteiger partial charge in [0.25, 0.3) is 0 Å². The van der Waals surface area contributed by atoms with Crippen LogP contribution in [0.15, 0.2) is 55.1 Å². The largest absolute Gasteiger partial charge is 0.493 e. The standard InChI is InChI=1S/C21H23ClFN3O2/c1-27-21-11-16(13-24-7-2-9-26-10-8-25-15-26)3-6-20(21)28-14-17-4-5-18(23)12-19(17)22/h3-6,8,10-12,15,24H,2,7,9,13-14H2,1H3. The van der Waals surface area contributed by atoms with Crippen LogP contribution in [-0.4, -0.2) is 23.2 Å². The van der Waals surface area contributed by atoms with E-state index in [1.54, 1.807) is 19.4 Å². The van der Waals surface area contributed by atoms with Crippen LogP contribution < -0.4 is 14.8 Å². The zero-order chi connectivity index (χ0) is 19.8. The molecule has 0 saturated heterocycles. The first kappa shape index (κ1) is 20.2. The fourth-order valence-corrected chi connectivity index (χ4v) is 3.00. The Morgan fingerprint density at radius 1 is 1.18 bits per heavy atom. The average Bonchev–Trinajstić information content (AvgIpc) is 3.21. The van der Waals surface area contributed by atoms with Gasteiger partial charge in [-0.1, -0.05) is 23.7 Å². The molecule has 0 atom stereocenters. The van der Waals surface area contributed by atoms with E-state index in [4.69, 9.17) is 21.1 Å². The van der Waals surface area contributed by atoms with Crippen molar-refractivity contribution in [1.29, 1.82) is 0 Å². The molecule has 0 fully saturated rings. The Morgan fingerprint density at radius 2 is 2.07 bits per heavy atom. The number of nitrogens with one attached hydrogen (secondary N) is 1. The second-order valence-corrected chi connectivity index (χ2v) is 6.75. The molecule has 1 heterocycles. The van der Waals surface area contributed by atoms with Crippen molar-refractivity contribution < 1.29 is 13.9 Å². The SMILES string of the molecule is COc1cc(CNCCCn2ccnc2)ccc1OCc1ccc(F)cc1Cl. The minimum atomic E-state index is -0.367. The molecule has 0 spiro atoms. The number of aryl methyl sites for hydroxylation is 1. The van der Waals surface area contributed by atoms with E-state index in [9.17, 15) is 4.39 Å². The van der Waals surface area contributed by atoms with E-state index in [0.29, 0.717) is 22.1 Å². The number of aromatic nitrogens is 2. The maximum Gasteiger partial charge on any atom is 0.161 e. The van der Waals surface area contributed by atoms with Crippen LogP contribution in [-0.2, 0) is 19.7 Å². The van der Waals surface area contributed by atoms with Crippen molar-refractivity contribution >= 4 is 11.6 Å². The third-order valence-electron chi connectivity index (χ3n) is 4.28. The highest BCUT2D eigenvalue weighted by molar-refractivity contribution is 6.31. The number of rotatable bonds is 10. The number of hydrogen-bond donors (Lipinski definition) is 1. The minimum Gasteiger partial charge on any atom is -0.493 e. The van der Waals surface area contributed by atoms with Gasteiger partial charge in [0.05, 0.1) is 18.5 Å². The summed E-state index contributed by atoms with van der Waals surface area (Å²) in [5.41, 5.74) is 1.82. The molecule has 3 aromatic rings. The summed E-state index contributed by atoms with van der Waals surface area (Å²) in [5.74, 6) is 0.899. The first-order chi connectivity index (χ1) is 13.7. The van der Waals surface area contributed by atoms with Crippen LogP contribution in [0.2, 0.25) is 5.02 Å². The molecule has 0 aliphatic heterocycles. The second kappa shape index (κ2) is 10.1. The lowest BCUT2D eigenvalue weighted by atomic mass is 10.2. The highest BCUT2D eigenvalue weighted by Crippen LogP contribution is 2.29. The predicted molar refractivity (Wildman–Crippen MR) is 107 cm³/mol. The van der Waals surface area contributed by atoms with E-state index in [1.807, 2.05) is 30.7 Å². The fraction of sp³-hybridized carbons (Fsp3) is 0.286. The molecule has 0 unspecified atom stereocenters. The number of hydrogen-bond acceptors (Lipinski definition) is 4. The zero-order valence-corrected chi connectivity index (χ0v) is 16.5. The van der Waals surface area contributed by atoms with Crippen LogP contribution in [0.25, 0.3) is 0 Å². The van der Waals surface area contributed by atoms with E-state index in [2.05, 4.69) is 14.9 Å². The van der Waals surface area contributed by atoms with Gasteiger partial charge in [0.1, 0.15) is 12.4 Å². The maximum atomic E-state index is 13.1. The molecule has 3 rings (SSSR count). The first-order valence-corrected chi connectivity index (χ1v) is 9.43. The third-order valence-corrected chi connectivity index (χ3v) is 4.64. The van der Waals surface area contributed by atoms with Crippen molar-refractivity contribution in [2.45, 2.75) is 26.1 Å². The summed E-state index contributed by atoms with van der Waals surface area (Å²) < 4.78 is 26.5. The molecule has 0 aliphatic rings. The molecule has 5 nitrogen and oxygen atoms in total. The Morgan fingerprint density at radius 3 is 2.82 bits per heavy atom. The first-order valence-electron chi connectivity index (χ1n) is 9.06. The smallest absolute Gasteiger partial charge is 0.161 e. The van der Waals surface area contributed by atoms with E-state index in [0.717, 1.165) is 31.6 Å². The summed E-state index contributed by atoms with van der Waals surface area (Å²) in [6.45, 7) is 2.82. The van der Waals surface area contributed by atoms with E-state index < -0.39 is 0 Å². The number of ether oxygens (including phenoxy) is 2. The third kappa shape index (κ3) is 5.71. The zero-order valence-electron chi connectivity index (χ0n) is 15.7. The summed E-state index contributed by atoms with van der Waals surface area (Å²) in [6, 6.07) is 10.1. The van der Waals surface area contributed by atoms with Gasteiger partial charge >= 0.3 is 0 Å². The van der Waals surface area contributed by atoms with Crippen molar-refractivity contribution in [3.63, 3.8) is 0 Å². The second-order valence-electron chi connectivity index (χ2n) is 6.34. The van der Waals surface area contributed by atoms with Crippen LogP contribution in [0, 0.1) is 5.82 Å². The van der Waals surface area contributed by atoms with E-state index in [-0.39, 0.29) is 12.4 Å². The molecule has 0 radical (unpaired) electrons. The molecule has 0 bridgehead atoms. The Hall–Kier alpha value is -2.57. The number of nitrogens with zero attached hydrogens (tertiary/aromatic N) is 2. The Labute approximate surface area is 169 Å². The lowest BCUT2D eigenvalue weighted by Gasteiger charge is -2.13. The van der Waals surface area contributed by atoms with Crippen molar-refractivity contribution in [3.8, 4) is 11.5 Å². The van der Waals surface area contributed by atoms with Gasteiger partial charge in [0, 0.05) is 31.0 Å². The summed E-state index contributed by atoms with van der Waals surface area (Å²) >= 11 is 6.05. The molecule has 28 heavy (non-hydrogen) atoms. The van der Waals surface area contributed by atoms with E-state index >= 15 is 0 Å². The minimum absolute atomic E-state index is 0.237. The number of methoxy groups -OCH3 is 1. The molecule has 7 heteroatoms. The van der Waals surface area contributed by atoms with Gasteiger partial charge < -0.3 is 19.4 Å². The number of halogens is 2. The van der Waals surface area contributed by atoms with Gasteiger partial charge in [-0.05, 0) is 42.8 Å². The Balaban J connectivity index is 1.50. The summed E-state index contributed by atoms with van der Waals surface area (Å²) in [6.07, 6.45) is 6.59. The lowest BCUT2D eigenvalue weighted by molar-refractivity contribution is 0.284. The predicted octanol–water partition coefficient (Wildman–Crippen LogP) is 4.44. The topological polar surface area (TPSA) is 48.3 Å². The van der Waals surface area contributed by atoms with Gasteiger partial charge in [-0.2, -0.15) is 0 Å². The number of imidazole rings is 1. The molecule has 0 amide bonds. The molecular weight excluding hydrogens is 381 g/mol. The van der Waals surface area contributed by atoms with Crippen LogP contribution in [0.5, 0.6) is 11.5 Å². The van der Waals surface area contributed by atoms with Gasteiger partial charge in [-0.25, -0.2) is 9.37 Å². The molecule has 0 saturated carbocycles. The maximum absolute atomic E-state index is 13.1. The molecular formula is C21H23ClFN3O2. The molecule has 2 aromatic carbocycles. The molecule has 1 aromatic heterocycles. The average molecular weight is 404 g/mol. The summed E-state index contributed by atoms with van der Waals surface area (Å²) in [7, 11) is 1.61. The van der Waals surface area contributed by atoms with Gasteiger partial charge in [-0.3, -0.25) is 0 Å². The van der Waals surface area contributed by atoms with Crippen molar-refractivity contribution in [2.24, 2.45) is 0 Å². The van der Waals surface area contributed by atoms with Crippen molar-refractivity contribution in [1.82, 2.24) is 14.9 Å². The summed E-state index contributed by atoms with van der Waals surface area (Å²) in [4.78, 5) is 4.03. The van der Waals surface area contributed by atoms with Gasteiger partial charge in [0.2, 0.25) is 0 Å². The highest BCUT2D eigenvalue weighted by atomic mass is 35.5. The molecule has 148 valence electrons.